The van der Waals surface area contributed by atoms with Crippen molar-refractivity contribution < 1.29 is 13.5 Å². The number of hydrogen-bond acceptors (Lipinski definition) is 3. The second-order valence-corrected chi connectivity index (χ2v) is 4.15. The van der Waals surface area contributed by atoms with Crippen LogP contribution in [0.15, 0.2) is 65.8 Å². The molecular weight excluding hydrogens is 328 g/mol. The SMILES string of the molecule is Cl.O=c1nccc(-c2ccc(F)c(F)c2)[nH]1.[O-][n+]1ccccc1. The number of aromatic nitrogens is 3. The molecule has 2 heterocycles. The monoisotopic (exact) mass is 339 g/mol. The second-order valence-electron chi connectivity index (χ2n) is 4.15. The van der Waals surface area contributed by atoms with Crippen LogP contribution in [0.2, 0.25) is 0 Å². The largest absolute Gasteiger partial charge is 0.619 e. The first-order valence-corrected chi connectivity index (χ1v) is 6.21. The van der Waals surface area contributed by atoms with Crippen molar-refractivity contribution in [3.8, 4) is 11.3 Å². The molecule has 8 heteroatoms. The summed E-state index contributed by atoms with van der Waals surface area (Å²) in [5, 5.41) is 10.2. The molecule has 0 radical (unpaired) electrons. The summed E-state index contributed by atoms with van der Waals surface area (Å²) in [6, 6.07) is 10.1. The Morgan fingerprint density at radius 1 is 1.04 bits per heavy atom. The van der Waals surface area contributed by atoms with Crippen LogP contribution in [0.25, 0.3) is 11.3 Å². The molecule has 5 nitrogen and oxygen atoms in total. The third kappa shape index (κ3) is 5.48. The van der Waals surface area contributed by atoms with Crippen LogP contribution in [0, 0.1) is 16.8 Å². The van der Waals surface area contributed by atoms with Crippen LogP contribution < -0.4 is 10.4 Å². The van der Waals surface area contributed by atoms with Crippen molar-refractivity contribution in [2.24, 2.45) is 0 Å². The van der Waals surface area contributed by atoms with E-state index in [0.717, 1.165) is 16.9 Å². The molecule has 0 unspecified atom stereocenters. The van der Waals surface area contributed by atoms with Gasteiger partial charge in [0.05, 0.1) is 5.69 Å². The van der Waals surface area contributed by atoms with Crippen LogP contribution in [0.5, 0.6) is 0 Å². The average Bonchev–Trinajstić information content (AvgIpc) is 2.51. The minimum atomic E-state index is -0.954. The van der Waals surface area contributed by atoms with E-state index in [1.165, 1.54) is 30.7 Å². The summed E-state index contributed by atoms with van der Waals surface area (Å²) in [5.41, 5.74) is 0.263. The highest BCUT2D eigenvalue weighted by atomic mass is 35.5. The fourth-order valence-electron chi connectivity index (χ4n) is 1.58. The van der Waals surface area contributed by atoms with Crippen molar-refractivity contribution in [2.75, 3.05) is 0 Å². The number of aromatic amines is 1. The number of nitrogens with one attached hydrogen (secondary N) is 1. The highest BCUT2D eigenvalue weighted by Crippen LogP contribution is 2.17. The van der Waals surface area contributed by atoms with Crippen LogP contribution in [0.1, 0.15) is 0 Å². The lowest BCUT2D eigenvalue weighted by Crippen LogP contribution is -2.22. The molecule has 1 aromatic carbocycles. The van der Waals surface area contributed by atoms with Crippen molar-refractivity contribution in [1.82, 2.24) is 9.97 Å². The highest BCUT2D eigenvalue weighted by molar-refractivity contribution is 5.85. The van der Waals surface area contributed by atoms with Gasteiger partial charge in [0.25, 0.3) is 0 Å². The maximum Gasteiger partial charge on any atom is 0.345 e. The predicted octanol–water partition coefficient (Wildman–Crippen LogP) is 2.46. The van der Waals surface area contributed by atoms with Gasteiger partial charge in [0, 0.05) is 23.9 Å². The second kappa shape index (κ2) is 8.60. The van der Waals surface area contributed by atoms with Crippen molar-refractivity contribution in [1.29, 1.82) is 0 Å². The Hall–Kier alpha value is -2.80. The summed E-state index contributed by atoms with van der Waals surface area (Å²) in [6.45, 7) is 0. The number of hydrogen-bond donors (Lipinski definition) is 1. The maximum absolute atomic E-state index is 12.9. The van der Waals surface area contributed by atoms with Gasteiger partial charge in [0.1, 0.15) is 0 Å². The molecular formula is C15H12ClF2N3O2. The Balaban J connectivity index is 0.000000280. The fraction of sp³-hybridized carbons (Fsp3) is 0. The minimum Gasteiger partial charge on any atom is -0.619 e. The summed E-state index contributed by atoms with van der Waals surface area (Å²) < 4.78 is 26.3. The first-order chi connectivity index (χ1) is 10.6. The van der Waals surface area contributed by atoms with E-state index in [-0.39, 0.29) is 12.4 Å². The lowest BCUT2D eigenvalue weighted by molar-refractivity contribution is -0.605. The molecule has 1 N–H and O–H groups in total. The van der Waals surface area contributed by atoms with Gasteiger partial charge in [-0.1, -0.05) is 6.07 Å². The van der Waals surface area contributed by atoms with Crippen molar-refractivity contribution in [3.05, 3.63) is 88.4 Å². The Morgan fingerprint density at radius 2 is 1.74 bits per heavy atom. The number of benzene rings is 1. The summed E-state index contributed by atoms with van der Waals surface area (Å²) in [4.78, 5) is 16.7. The van der Waals surface area contributed by atoms with Gasteiger partial charge in [-0.25, -0.2) is 18.6 Å². The molecule has 3 aromatic rings. The first-order valence-electron chi connectivity index (χ1n) is 6.21. The van der Waals surface area contributed by atoms with E-state index in [1.54, 1.807) is 18.2 Å². The Bertz CT molecular complexity index is 813. The molecule has 0 fully saturated rings. The molecule has 0 aliphatic carbocycles. The molecule has 2 aromatic heterocycles. The normalized spacial score (nSPS) is 9.30. The molecule has 0 saturated carbocycles. The Kier molecular flexibility index (Phi) is 6.82. The maximum atomic E-state index is 12.9. The van der Waals surface area contributed by atoms with Crippen molar-refractivity contribution >= 4 is 12.4 Å². The van der Waals surface area contributed by atoms with Crippen LogP contribution >= 0.6 is 12.4 Å². The third-order valence-electron chi connectivity index (χ3n) is 2.59. The zero-order valence-electron chi connectivity index (χ0n) is 11.6. The smallest absolute Gasteiger partial charge is 0.345 e. The van der Waals surface area contributed by atoms with Crippen molar-refractivity contribution in [3.63, 3.8) is 0 Å². The number of nitrogens with zero attached hydrogens (tertiary/aromatic N) is 2. The van der Waals surface area contributed by atoms with Gasteiger partial charge in [-0.3, -0.25) is 0 Å². The van der Waals surface area contributed by atoms with E-state index in [0.29, 0.717) is 11.3 Å². The third-order valence-corrected chi connectivity index (χ3v) is 2.59. The van der Waals surface area contributed by atoms with E-state index in [4.69, 9.17) is 0 Å². The van der Waals surface area contributed by atoms with Crippen LogP contribution in [-0.4, -0.2) is 9.97 Å². The standard InChI is InChI=1S/C10H6F2N2O.C5H5NO.ClH/c11-7-2-1-6(5-8(7)12)9-3-4-13-10(15)14-9;7-6-4-2-1-3-5-6;/h1-5H,(H,13,14,15);1-5H;1H. The molecule has 0 saturated heterocycles. The lowest BCUT2D eigenvalue weighted by atomic mass is 10.1. The van der Waals surface area contributed by atoms with E-state index in [9.17, 15) is 18.8 Å². The zero-order chi connectivity index (χ0) is 15.9. The molecule has 0 bridgehead atoms. The van der Waals surface area contributed by atoms with Crippen molar-refractivity contribution in [2.45, 2.75) is 0 Å². The van der Waals surface area contributed by atoms with E-state index >= 15 is 0 Å². The van der Waals surface area contributed by atoms with Gasteiger partial charge in [-0.2, -0.15) is 4.73 Å². The molecule has 3 rings (SSSR count). The number of H-pyrrole nitrogens is 1. The molecule has 0 aliphatic heterocycles. The van der Waals surface area contributed by atoms with Gasteiger partial charge in [0.15, 0.2) is 24.0 Å². The quantitative estimate of drug-likeness (QED) is 0.547. The van der Waals surface area contributed by atoms with E-state index in [1.807, 2.05) is 0 Å². The zero-order valence-corrected chi connectivity index (χ0v) is 12.5. The Morgan fingerprint density at radius 3 is 2.26 bits per heavy atom. The van der Waals surface area contributed by atoms with E-state index < -0.39 is 17.3 Å². The molecule has 0 aliphatic rings. The molecule has 0 spiro atoms. The van der Waals surface area contributed by atoms with Gasteiger partial charge in [0.2, 0.25) is 0 Å². The number of halogens is 3. The molecule has 0 amide bonds. The fourth-order valence-corrected chi connectivity index (χ4v) is 1.58. The average molecular weight is 340 g/mol. The van der Waals surface area contributed by atoms with Crippen LogP contribution in [-0.2, 0) is 0 Å². The predicted molar refractivity (Wildman–Crippen MR) is 82.9 cm³/mol. The summed E-state index contributed by atoms with van der Waals surface area (Å²) >= 11 is 0. The topological polar surface area (TPSA) is 72.7 Å². The summed E-state index contributed by atoms with van der Waals surface area (Å²) in [6.07, 6.45) is 4.19. The number of rotatable bonds is 1. The van der Waals surface area contributed by atoms with Gasteiger partial charge >= 0.3 is 5.69 Å². The summed E-state index contributed by atoms with van der Waals surface area (Å²) in [5.74, 6) is -1.87. The van der Waals surface area contributed by atoms with E-state index in [2.05, 4.69) is 9.97 Å². The first kappa shape index (κ1) is 18.2. The highest BCUT2D eigenvalue weighted by Gasteiger charge is 2.04. The van der Waals surface area contributed by atoms with Crippen LogP contribution in [0.3, 0.4) is 0 Å². The van der Waals surface area contributed by atoms with Gasteiger partial charge in [-0.05, 0) is 24.3 Å². The Labute approximate surface area is 136 Å². The number of pyridine rings is 1. The molecule has 23 heavy (non-hydrogen) atoms. The lowest BCUT2D eigenvalue weighted by Gasteiger charge is -2.00. The van der Waals surface area contributed by atoms with Crippen LogP contribution in [0.4, 0.5) is 8.78 Å². The molecule has 0 atom stereocenters. The minimum absolute atomic E-state index is 0. The summed E-state index contributed by atoms with van der Waals surface area (Å²) in [7, 11) is 0. The van der Waals surface area contributed by atoms with Gasteiger partial charge < -0.3 is 10.2 Å². The van der Waals surface area contributed by atoms with Gasteiger partial charge in [-0.15, -0.1) is 12.4 Å². The molecule has 120 valence electrons.